The number of alkyl halides is 23. The molecule has 0 aliphatic rings. The highest BCUT2D eigenvalue weighted by molar-refractivity contribution is 6.59. The summed E-state index contributed by atoms with van der Waals surface area (Å²) in [6.07, 6.45) is -58.0. The molecule has 3 N–H and O–H groups in total. The highest BCUT2D eigenvalue weighted by Gasteiger charge is 2.88. The van der Waals surface area contributed by atoms with Crippen molar-refractivity contribution in [2.24, 2.45) is 0 Å². The van der Waals surface area contributed by atoms with E-state index in [1.54, 1.807) is 0 Å². The molecule has 0 radical (unpaired) electrons. The molecule has 0 aromatic heterocycles. The molecule has 1 aromatic rings. The second-order valence-electron chi connectivity index (χ2n) is 9.04. The van der Waals surface area contributed by atoms with Gasteiger partial charge in [-0.2, -0.15) is 101 Å². The second kappa shape index (κ2) is 13.3. The van der Waals surface area contributed by atoms with Gasteiger partial charge in [0.05, 0.1) is 0 Å². The lowest BCUT2D eigenvalue weighted by Crippen LogP contribution is -2.70. The monoisotopic (exact) mass is 807 g/mol. The number of ether oxygens (including phenoxy) is 3. The Hall–Kier alpha value is -3.32. The molecule has 0 aliphatic heterocycles. The Morgan fingerprint density at radius 1 is 0.608 bits per heavy atom. The van der Waals surface area contributed by atoms with Crippen molar-refractivity contribution in [1.29, 1.82) is 0 Å². The van der Waals surface area contributed by atoms with E-state index < -0.39 is 96.3 Å². The van der Waals surface area contributed by atoms with E-state index in [4.69, 9.17) is 0 Å². The van der Waals surface area contributed by atoms with Crippen LogP contribution < -0.4 is 10.8 Å². The van der Waals surface area contributed by atoms with Crippen LogP contribution in [0.3, 0.4) is 0 Å². The van der Waals surface area contributed by atoms with Gasteiger partial charge in [0.25, 0.3) is 0 Å². The van der Waals surface area contributed by atoms with E-state index >= 15 is 4.39 Å². The Balaban J connectivity index is 4.18. The lowest BCUT2D eigenvalue weighted by atomic mass is 9.74. The first-order valence-electron chi connectivity index (χ1n) is 11.5. The van der Waals surface area contributed by atoms with Crippen LogP contribution in [0.4, 0.5) is 107 Å². The number of hydrogen-bond acceptors (Lipinski definition) is 6. The summed E-state index contributed by atoms with van der Waals surface area (Å²) in [6, 6.07) is 0.0639. The van der Waals surface area contributed by atoms with Crippen molar-refractivity contribution >= 4 is 24.2 Å². The number of halogens is 23. The number of benzene rings is 1. The predicted molar refractivity (Wildman–Crippen MR) is 113 cm³/mol. The second-order valence-corrected chi connectivity index (χ2v) is 9.04. The summed E-state index contributed by atoms with van der Waals surface area (Å²) in [5.41, 5.74) is -7.28. The minimum absolute atomic E-state index is 0.0565. The van der Waals surface area contributed by atoms with E-state index in [0.717, 1.165) is 10.1 Å². The number of carbonyl (C=O) groups is 1. The predicted octanol–water partition coefficient (Wildman–Crippen LogP) is 6.66. The molecule has 0 spiro atoms. The van der Waals surface area contributed by atoms with E-state index in [0.29, 0.717) is 0 Å². The number of amides is 1. The summed E-state index contributed by atoms with van der Waals surface area (Å²) in [5, 5.41) is 19.6. The molecule has 0 aliphatic carbocycles. The molecule has 0 saturated heterocycles. The number of hydrogen-bond donors (Lipinski definition) is 3. The van der Waals surface area contributed by atoms with Crippen molar-refractivity contribution in [1.82, 2.24) is 0 Å². The van der Waals surface area contributed by atoms with Crippen molar-refractivity contribution in [3.8, 4) is 0 Å². The quantitative estimate of drug-likeness (QED) is 0.117. The summed E-state index contributed by atoms with van der Waals surface area (Å²) < 4.78 is 318. The van der Waals surface area contributed by atoms with Gasteiger partial charge in [0.1, 0.15) is 0 Å². The zero-order chi connectivity index (χ0) is 41.0. The number of carbonyl (C=O) groups excluding carboxylic acids is 1. The zero-order valence-electron chi connectivity index (χ0n) is 22.8. The van der Waals surface area contributed by atoms with Crippen LogP contribution >= 0.6 is 0 Å². The van der Waals surface area contributed by atoms with Crippen molar-refractivity contribution in [3.63, 3.8) is 0 Å². The average Bonchev–Trinajstić information content (AvgIpc) is 2.89. The van der Waals surface area contributed by atoms with Gasteiger partial charge in [-0.15, -0.1) is 0 Å². The molecule has 3 atom stereocenters. The van der Waals surface area contributed by atoms with Gasteiger partial charge in [-0.05, 0) is 17.6 Å². The normalized spacial score (nSPS) is 18.0. The van der Waals surface area contributed by atoms with Crippen LogP contribution in [-0.2, 0) is 24.9 Å². The molecule has 0 fully saturated rings. The average molecular weight is 807 g/mol. The lowest BCUT2D eigenvalue weighted by molar-refractivity contribution is -0.580. The largest absolute Gasteiger partial charge is 0.489 e. The molecule has 1 rings (SSSR count). The SMILES string of the molecule is C=CC(=O)Nc1cccc(B(O)O)c1C(F)(OC(F)(F)C(F)(OC(F)(F)C(F)(OC(F)(F)C(F)(F)C(F)(F)F)C(F)(F)F)C(F)(F)F)C(F)(F)F. The summed E-state index contributed by atoms with van der Waals surface area (Å²) in [7, 11) is -3.62. The Morgan fingerprint density at radius 2 is 1.00 bits per heavy atom. The van der Waals surface area contributed by atoms with E-state index in [1.165, 1.54) is 4.74 Å². The first-order valence-corrected chi connectivity index (χ1v) is 11.5. The van der Waals surface area contributed by atoms with Crippen molar-refractivity contribution < 1.29 is 130 Å². The fourth-order valence-electron chi connectivity index (χ4n) is 3.14. The molecule has 7 nitrogen and oxygen atoms in total. The fourth-order valence-corrected chi connectivity index (χ4v) is 3.14. The van der Waals surface area contributed by atoms with Crippen LogP contribution in [0.25, 0.3) is 0 Å². The number of nitrogens with one attached hydrogen (secondary N) is 1. The summed E-state index contributed by atoms with van der Waals surface area (Å²) in [4.78, 5) is 11.6. The van der Waals surface area contributed by atoms with Gasteiger partial charge in [-0.25, -0.2) is 0 Å². The molecule has 0 heterocycles. The molecule has 3 unspecified atom stereocenters. The fraction of sp³-hybridized carbons (Fsp3) is 0.550. The van der Waals surface area contributed by atoms with Crippen LogP contribution in [0.15, 0.2) is 30.9 Å². The smallest absolute Gasteiger partial charge is 0.423 e. The van der Waals surface area contributed by atoms with Crippen LogP contribution in [0.1, 0.15) is 5.56 Å². The van der Waals surface area contributed by atoms with Gasteiger partial charge in [-0.1, -0.05) is 18.7 Å². The highest BCUT2D eigenvalue weighted by atomic mass is 19.4. The minimum Gasteiger partial charge on any atom is -0.423 e. The third-order valence-electron chi connectivity index (χ3n) is 5.51. The van der Waals surface area contributed by atoms with Gasteiger partial charge in [0.2, 0.25) is 5.91 Å². The summed E-state index contributed by atoms with van der Waals surface area (Å²) in [5.74, 6) is -34.6. The standard InChI is InChI=1S/C20H9BF23NO6/c1-2-8(46)45-7-5-3-4-6(21(47)48)9(7)10(22,14(27,28)29)49-19(41,42)12(25,16(33,34)35)51-20(43,44)13(26,17(36,37)38)50-18(39,40)11(23,24)15(30,31)32/h2-5,47-48H,1H2,(H,45,46). The summed E-state index contributed by atoms with van der Waals surface area (Å²) >= 11 is 0. The molecule has 0 bridgehead atoms. The van der Waals surface area contributed by atoms with Gasteiger partial charge in [0.15, 0.2) is 0 Å². The maximum Gasteiger partial charge on any atom is 0.489 e. The van der Waals surface area contributed by atoms with Crippen molar-refractivity contribution in [2.45, 2.75) is 66.5 Å². The molecular weight excluding hydrogens is 798 g/mol. The first kappa shape index (κ1) is 45.7. The molecule has 31 heteroatoms. The van der Waals surface area contributed by atoms with E-state index in [1.807, 2.05) is 0 Å². The Labute approximate surface area is 263 Å². The van der Waals surface area contributed by atoms with Crippen LogP contribution in [0.2, 0.25) is 0 Å². The Morgan fingerprint density at radius 3 is 1.33 bits per heavy atom. The van der Waals surface area contributed by atoms with Crippen molar-refractivity contribution in [3.05, 3.63) is 36.4 Å². The molecular formula is C20H9BF23NO6. The van der Waals surface area contributed by atoms with Gasteiger partial charge < -0.3 is 15.4 Å². The minimum atomic E-state index is -8.83. The molecule has 0 saturated carbocycles. The first-order chi connectivity index (χ1) is 22.1. The van der Waals surface area contributed by atoms with Gasteiger partial charge in [-0.3, -0.25) is 19.0 Å². The van der Waals surface area contributed by atoms with E-state index in [2.05, 4.69) is 11.3 Å². The van der Waals surface area contributed by atoms with Crippen LogP contribution in [0, 0.1) is 0 Å². The molecule has 1 aromatic carbocycles. The summed E-state index contributed by atoms with van der Waals surface area (Å²) in [6.45, 7) is 2.69. The van der Waals surface area contributed by atoms with Gasteiger partial charge in [0, 0.05) is 11.3 Å². The maximum absolute atomic E-state index is 15.6. The van der Waals surface area contributed by atoms with E-state index in [-0.39, 0.29) is 24.3 Å². The Kier molecular flexibility index (Phi) is 11.9. The zero-order valence-corrected chi connectivity index (χ0v) is 22.8. The number of anilines is 1. The number of rotatable bonds is 13. The lowest BCUT2D eigenvalue weighted by Gasteiger charge is -2.43. The van der Waals surface area contributed by atoms with Crippen molar-refractivity contribution in [2.75, 3.05) is 5.32 Å². The molecule has 51 heavy (non-hydrogen) atoms. The Bertz CT molecular complexity index is 1440. The third kappa shape index (κ3) is 8.04. The highest BCUT2D eigenvalue weighted by Crippen LogP contribution is 2.60. The molecule has 1 amide bonds. The molecule has 294 valence electrons. The van der Waals surface area contributed by atoms with Gasteiger partial charge >= 0.3 is 73.6 Å². The van der Waals surface area contributed by atoms with Crippen LogP contribution in [0.5, 0.6) is 0 Å². The van der Waals surface area contributed by atoms with Crippen LogP contribution in [-0.4, -0.2) is 83.7 Å². The van der Waals surface area contributed by atoms with E-state index in [9.17, 15) is 111 Å². The third-order valence-corrected chi connectivity index (χ3v) is 5.51. The topological polar surface area (TPSA) is 97.3 Å². The maximum atomic E-state index is 15.6.